The van der Waals surface area contributed by atoms with Crippen LogP contribution in [0.5, 0.6) is 11.5 Å². The molecular weight excluding hydrogens is 547 g/mol. The van der Waals surface area contributed by atoms with Gasteiger partial charge in [0, 0.05) is 13.1 Å². The third-order valence-electron chi connectivity index (χ3n) is 5.45. The molecule has 0 spiro atoms. The van der Waals surface area contributed by atoms with Gasteiger partial charge in [-0.2, -0.15) is 4.31 Å². The van der Waals surface area contributed by atoms with E-state index in [1.54, 1.807) is 0 Å². The van der Waals surface area contributed by atoms with Gasteiger partial charge in [0.1, 0.15) is 11.6 Å². The number of hydrogen-bond donors (Lipinski definition) is 1. The van der Waals surface area contributed by atoms with E-state index < -0.39 is 31.6 Å². The van der Waals surface area contributed by atoms with Crippen molar-refractivity contribution in [3.05, 3.63) is 77.1 Å². The Kier molecular flexibility index (Phi) is 7.85. The van der Waals surface area contributed by atoms with Crippen LogP contribution in [0.25, 0.3) is 0 Å². The van der Waals surface area contributed by atoms with Crippen LogP contribution in [0, 0.1) is 5.82 Å². The number of ether oxygens (including phenoxy) is 2. The highest BCUT2D eigenvalue weighted by atomic mass is 35.5. The Bertz CT molecular complexity index is 1520. The summed E-state index contributed by atoms with van der Waals surface area (Å²) in [7, 11) is -7.78. The number of ketones is 1. The second kappa shape index (κ2) is 10.8. The number of sulfonamides is 2. The van der Waals surface area contributed by atoms with Gasteiger partial charge < -0.3 is 9.47 Å². The van der Waals surface area contributed by atoms with Crippen LogP contribution in [0.1, 0.15) is 17.3 Å². The van der Waals surface area contributed by atoms with Crippen LogP contribution >= 0.6 is 11.6 Å². The molecule has 0 unspecified atom stereocenters. The molecule has 1 aliphatic heterocycles. The molecule has 0 radical (unpaired) electrons. The van der Waals surface area contributed by atoms with Gasteiger partial charge in [-0.15, -0.1) is 0 Å². The maximum Gasteiger partial charge on any atom is 0.261 e. The van der Waals surface area contributed by atoms with Gasteiger partial charge in [0.2, 0.25) is 10.0 Å². The Labute approximate surface area is 218 Å². The Hall–Kier alpha value is -3.03. The topological polar surface area (TPSA) is 119 Å². The molecule has 1 saturated heterocycles. The molecule has 0 aliphatic carbocycles. The predicted octanol–water partition coefficient (Wildman–Crippen LogP) is 4.30. The third kappa shape index (κ3) is 6.11. The minimum atomic E-state index is -4.09. The van der Waals surface area contributed by atoms with Crippen LogP contribution in [0.2, 0.25) is 5.02 Å². The third-order valence-corrected chi connectivity index (χ3v) is 9.04. The smallest absolute Gasteiger partial charge is 0.261 e. The predicted molar refractivity (Wildman–Crippen MR) is 135 cm³/mol. The lowest BCUT2D eigenvalue weighted by Crippen LogP contribution is -2.40. The van der Waals surface area contributed by atoms with Crippen LogP contribution in [0.4, 0.5) is 10.1 Å². The summed E-state index contributed by atoms with van der Waals surface area (Å²) < 4.78 is 78.8. The largest absolute Gasteiger partial charge is 0.455 e. The van der Waals surface area contributed by atoms with Crippen molar-refractivity contribution in [2.24, 2.45) is 0 Å². The molecule has 0 amide bonds. The van der Waals surface area contributed by atoms with Crippen molar-refractivity contribution in [1.82, 2.24) is 4.31 Å². The van der Waals surface area contributed by atoms with E-state index in [0.29, 0.717) is 13.2 Å². The number of nitrogens with zero attached hydrogens (tertiary/aromatic N) is 1. The Morgan fingerprint density at radius 1 is 0.973 bits per heavy atom. The summed E-state index contributed by atoms with van der Waals surface area (Å²) in [6.45, 7) is 2.42. The van der Waals surface area contributed by atoms with E-state index in [-0.39, 0.29) is 50.7 Å². The zero-order valence-electron chi connectivity index (χ0n) is 19.5. The van der Waals surface area contributed by atoms with Gasteiger partial charge in [-0.05, 0) is 67.6 Å². The van der Waals surface area contributed by atoms with Crippen molar-refractivity contribution < 1.29 is 35.5 Å². The lowest BCUT2D eigenvalue weighted by Gasteiger charge is -2.26. The molecular formula is C24H22ClFN2O7S2. The van der Waals surface area contributed by atoms with E-state index in [1.165, 1.54) is 47.6 Å². The highest BCUT2D eigenvalue weighted by Gasteiger charge is 2.26. The SMILES string of the molecule is CC(=O)c1cc(NS(=O)(=O)c2ccc(F)cc2)cc(Cl)c1Oc1ccc(S(=O)(=O)N2CCOCC2)cc1. The fourth-order valence-electron chi connectivity index (χ4n) is 3.58. The summed E-state index contributed by atoms with van der Waals surface area (Å²) in [5, 5.41) is -0.0606. The lowest BCUT2D eigenvalue weighted by atomic mass is 10.1. The number of nitrogens with one attached hydrogen (secondary N) is 1. The van der Waals surface area contributed by atoms with Crippen molar-refractivity contribution >= 4 is 43.1 Å². The van der Waals surface area contributed by atoms with Gasteiger partial charge in [-0.3, -0.25) is 9.52 Å². The highest BCUT2D eigenvalue weighted by molar-refractivity contribution is 7.92. The molecule has 3 aromatic rings. The van der Waals surface area contributed by atoms with Crippen molar-refractivity contribution in [2.45, 2.75) is 16.7 Å². The van der Waals surface area contributed by atoms with E-state index in [2.05, 4.69) is 4.72 Å². The Balaban J connectivity index is 1.58. The van der Waals surface area contributed by atoms with Gasteiger partial charge in [0.15, 0.2) is 11.5 Å². The van der Waals surface area contributed by atoms with Crippen LogP contribution in [-0.4, -0.2) is 53.2 Å². The number of morpholine rings is 1. The number of hydrogen-bond acceptors (Lipinski definition) is 7. The van der Waals surface area contributed by atoms with Crippen LogP contribution in [0.15, 0.2) is 70.5 Å². The molecule has 0 saturated carbocycles. The van der Waals surface area contributed by atoms with E-state index in [4.69, 9.17) is 21.1 Å². The molecule has 9 nitrogen and oxygen atoms in total. The Morgan fingerprint density at radius 3 is 2.16 bits per heavy atom. The molecule has 13 heteroatoms. The van der Waals surface area contributed by atoms with Gasteiger partial charge in [0.05, 0.1) is 39.3 Å². The van der Waals surface area contributed by atoms with Crippen molar-refractivity contribution in [3.63, 3.8) is 0 Å². The number of carbonyl (C=O) groups excluding carboxylic acids is 1. The minimum Gasteiger partial charge on any atom is -0.455 e. The van der Waals surface area contributed by atoms with E-state index in [1.807, 2.05) is 0 Å². The van der Waals surface area contributed by atoms with Gasteiger partial charge in [-0.1, -0.05) is 11.6 Å². The molecule has 1 fully saturated rings. The van der Waals surface area contributed by atoms with Crippen LogP contribution in [0.3, 0.4) is 0 Å². The number of carbonyl (C=O) groups is 1. The van der Waals surface area contributed by atoms with Gasteiger partial charge in [0.25, 0.3) is 10.0 Å². The number of rotatable bonds is 8. The summed E-state index contributed by atoms with van der Waals surface area (Å²) in [6, 6.07) is 12.4. The van der Waals surface area contributed by atoms with E-state index in [0.717, 1.165) is 24.3 Å². The molecule has 37 heavy (non-hydrogen) atoms. The highest BCUT2D eigenvalue weighted by Crippen LogP contribution is 2.37. The maximum absolute atomic E-state index is 13.2. The first-order valence-corrected chi connectivity index (χ1v) is 14.3. The fourth-order valence-corrected chi connectivity index (χ4v) is 6.29. The quantitative estimate of drug-likeness (QED) is 0.402. The first-order chi connectivity index (χ1) is 17.5. The van der Waals surface area contributed by atoms with Gasteiger partial charge >= 0.3 is 0 Å². The van der Waals surface area contributed by atoms with Crippen LogP contribution < -0.4 is 9.46 Å². The van der Waals surface area contributed by atoms with E-state index in [9.17, 15) is 26.0 Å². The molecule has 1 heterocycles. The van der Waals surface area contributed by atoms with Crippen LogP contribution in [-0.2, 0) is 24.8 Å². The minimum absolute atomic E-state index is 0.00109. The zero-order chi connectivity index (χ0) is 26.8. The average Bonchev–Trinajstić information content (AvgIpc) is 2.86. The Morgan fingerprint density at radius 2 is 1.57 bits per heavy atom. The lowest BCUT2D eigenvalue weighted by molar-refractivity contribution is 0.0730. The second-order valence-corrected chi connectivity index (χ2v) is 12.1. The molecule has 4 rings (SSSR count). The van der Waals surface area contributed by atoms with Crippen molar-refractivity contribution in [3.8, 4) is 11.5 Å². The zero-order valence-corrected chi connectivity index (χ0v) is 21.9. The number of Topliss-reactive ketones (excluding diaryl/α,β-unsaturated/α-hetero) is 1. The second-order valence-electron chi connectivity index (χ2n) is 8.04. The number of anilines is 1. The maximum atomic E-state index is 13.2. The standard InChI is InChI=1S/C24H22ClFN2O7S2/c1-16(29)22-14-18(27-36(30,31)20-6-2-17(26)3-7-20)15-23(25)24(22)35-19-4-8-21(9-5-19)37(32,33)28-10-12-34-13-11-28/h2-9,14-15,27H,10-13H2,1H3. The summed E-state index contributed by atoms with van der Waals surface area (Å²) in [5.41, 5.74) is -0.00634. The molecule has 0 aromatic heterocycles. The molecule has 1 aliphatic rings. The summed E-state index contributed by atoms with van der Waals surface area (Å²) in [4.78, 5) is 12.2. The summed E-state index contributed by atoms with van der Waals surface area (Å²) in [6.07, 6.45) is 0. The summed E-state index contributed by atoms with van der Waals surface area (Å²) in [5.74, 6) is -0.854. The average molecular weight is 569 g/mol. The van der Waals surface area contributed by atoms with Crippen molar-refractivity contribution in [1.29, 1.82) is 0 Å². The molecule has 1 N–H and O–H groups in total. The van der Waals surface area contributed by atoms with E-state index >= 15 is 0 Å². The summed E-state index contributed by atoms with van der Waals surface area (Å²) >= 11 is 6.35. The molecule has 0 bridgehead atoms. The van der Waals surface area contributed by atoms with Crippen molar-refractivity contribution in [2.75, 3.05) is 31.0 Å². The molecule has 0 atom stereocenters. The monoisotopic (exact) mass is 568 g/mol. The first kappa shape index (κ1) is 27.0. The number of halogens is 2. The fraction of sp³-hybridized carbons (Fsp3) is 0.208. The first-order valence-electron chi connectivity index (χ1n) is 11.0. The van der Waals surface area contributed by atoms with Gasteiger partial charge in [-0.25, -0.2) is 21.2 Å². The number of benzene rings is 3. The molecule has 196 valence electrons. The molecule has 3 aromatic carbocycles. The normalized spacial score (nSPS) is 14.8.